The SMILES string of the molecule is O=C(c1ccc(F)c2cccc(-c3ccccc3)c12)N1CCCC1. The molecule has 1 amide bonds. The van der Waals surface area contributed by atoms with Crippen molar-refractivity contribution in [1.29, 1.82) is 0 Å². The van der Waals surface area contributed by atoms with Gasteiger partial charge in [-0.1, -0.05) is 48.5 Å². The van der Waals surface area contributed by atoms with Crippen LogP contribution in [0.15, 0.2) is 60.7 Å². The van der Waals surface area contributed by atoms with Crippen molar-refractivity contribution < 1.29 is 9.18 Å². The van der Waals surface area contributed by atoms with Gasteiger partial charge in [0.1, 0.15) is 5.82 Å². The van der Waals surface area contributed by atoms with Crippen LogP contribution in [0.1, 0.15) is 23.2 Å². The van der Waals surface area contributed by atoms with E-state index in [0.29, 0.717) is 16.3 Å². The Bertz CT molecular complexity index is 898. The molecule has 0 atom stereocenters. The number of hydrogen-bond donors (Lipinski definition) is 0. The van der Waals surface area contributed by atoms with E-state index >= 15 is 0 Å². The summed E-state index contributed by atoms with van der Waals surface area (Å²) in [5.41, 5.74) is 2.48. The average Bonchev–Trinajstić information content (AvgIpc) is 3.17. The van der Waals surface area contributed by atoms with Crippen molar-refractivity contribution >= 4 is 16.7 Å². The predicted molar refractivity (Wildman–Crippen MR) is 94.5 cm³/mol. The fraction of sp³-hybridized carbons (Fsp3) is 0.190. The molecular weight excluding hydrogens is 301 g/mol. The maximum absolute atomic E-state index is 14.4. The second kappa shape index (κ2) is 6.08. The van der Waals surface area contributed by atoms with E-state index in [9.17, 15) is 9.18 Å². The Labute approximate surface area is 140 Å². The normalized spacial score (nSPS) is 14.3. The molecule has 3 aromatic carbocycles. The lowest BCUT2D eigenvalue weighted by molar-refractivity contribution is 0.0795. The summed E-state index contributed by atoms with van der Waals surface area (Å²) in [6, 6.07) is 18.4. The van der Waals surface area contributed by atoms with E-state index in [4.69, 9.17) is 0 Å². The van der Waals surface area contributed by atoms with E-state index in [2.05, 4.69) is 0 Å². The largest absolute Gasteiger partial charge is 0.339 e. The lowest BCUT2D eigenvalue weighted by Gasteiger charge is -2.18. The molecule has 1 aliphatic heterocycles. The van der Waals surface area contributed by atoms with Crippen molar-refractivity contribution in [3.8, 4) is 11.1 Å². The smallest absolute Gasteiger partial charge is 0.254 e. The zero-order valence-electron chi connectivity index (χ0n) is 13.3. The number of likely N-dealkylation sites (tertiary alicyclic amines) is 1. The number of fused-ring (bicyclic) bond motifs is 1. The van der Waals surface area contributed by atoms with E-state index in [1.54, 1.807) is 12.1 Å². The van der Waals surface area contributed by atoms with Gasteiger partial charge in [0.15, 0.2) is 0 Å². The lowest BCUT2D eigenvalue weighted by atomic mass is 9.94. The highest BCUT2D eigenvalue weighted by Crippen LogP contribution is 2.33. The van der Waals surface area contributed by atoms with Gasteiger partial charge >= 0.3 is 0 Å². The van der Waals surface area contributed by atoms with E-state index < -0.39 is 0 Å². The molecule has 0 radical (unpaired) electrons. The number of halogens is 1. The van der Waals surface area contributed by atoms with Gasteiger partial charge in [-0.05, 0) is 36.1 Å². The zero-order valence-corrected chi connectivity index (χ0v) is 13.3. The first-order valence-electron chi connectivity index (χ1n) is 8.31. The van der Waals surface area contributed by atoms with Crippen LogP contribution in [0, 0.1) is 5.82 Å². The van der Waals surface area contributed by atoms with Gasteiger partial charge in [-0.25, -0.2) is 4.39 Å². The standard InChI is InChI=1S/C21H18FNO/c22-19-12-11-18(21(24)23-13-4-5-14-23)20-16(9-6-10-17(19)20)15-7-2-1-3-8-15/h1-3,6-12H,4-5,13-14H2. The van der Waals surface area contributed by atoms with Gasteiger partial charge in [0.25, 0.3) is 5.91 Å². The minimum Gasteiger partial charge on any atom is -0.339 e. The van der Waals surface area contributed by atoms with E-state index in [1.807, 2.05) is 47.4 Å². The fourth-order valence-electron chi connectivity index (χ4n) is 3.50. The Kier molecular flexibility index (Phi) is 3.77. The van der Waals surface area contributed by atoms with Gasteiger partial charge in [-0.2, -0.15) is 0 Å². The summed E-state index contributed by atoms with van der Waals surface area (Å²) in [6.45, 7) is 1.57. The number of amides is 1. The van der Waals surface area contributed by atoms with Crippen LogP contribution >= 0.6 is 0 Å². The molecule has 0 N–H and O–H groups in total. The Morgan fingerprint density at radius 3 is 2.38 bits per heavy atom. The molecule has 3 aromatic rings. The van der Waals surface area contributed by atoms with Crippen LogP contribution in [0.5, 0.6) is 0 Å². The highest BCUT2D eigenvalue weighted by atomic mass is 19.1. The monoisotopic (exact) mass is 319 g/mol. The second-order valence-corrected chi connectivity index (χ2v) is 6.19. The van der Waals surface area contributed by atoms with Crippen LogP contribution in [-0.2, 0) is 0 Å². The van der Waals surface area contributed by atoms with Crippen molar-refractivity contribution in [2.24, 2.45) is 0 Å². The number of hydrogen-bond acceptors (Lipinski definition) is 1. The molecule has 0 spiro atoms. The lowest BCUT2D eigenvalue weighted by Crippen LogP contribution is -2.27. The number of rotatable bonds is 2. The summed E-state index contributed by atoms with van der Waals surface area (Å²) >= 11 is 0. The number of benzene rings is 3. The van der Waals surface area contributed by atoms with E-state index in [-0.39, 0.29) is 11.7 Å². The maximum Gasteiger partial charge on any atom is 0.254 e. The third-order valence-corrected chi connectivity index (χ3v) is 4.70. The predicted octanol–water partition coefficient (Wildman–Crippen LogP) is 4.88. The Balaban J connectivity index is 1.97. The topological polar surface area (TPSA) is 20.3 Å². The van der Waals surface area contributed by atoms with Crippen LogP contribution < -0.4 is 0 Å². The molecule has 0 aromatic heterocycles. The molecule has 0 unspecified atom stereocenters. The van der Waals surface area contributed by atoms with Crippen molar-refractivity contribution in [3.05, 3.63) is 72.0 Å². The van der Waals surface area contributed by atoms with Crippen LogP contribution in [0.4, 0.5) is 4.39 Å². The summed E-state index contributed by atoms with van der Waals surface area (Å²) in [4.78, 5) is 14.8. The van der Waals surface area contributed by atoms with Crippen LogP contribution in [0.2, 0.25) is 0 Å². The molecule has 1 fully saturated rings. The molecule has 1 aliphatic rings. The van der Waals surface area contributed by atoms with E-state index in [1.165, 1.54) is 6.07 Å². The highest BCUT2D eigenvalue weighted by molar-refractivity contribution is 6.12. The zero-order chi connectivity index (χ0) is 16.5. The molecule has 1 heterocycles. The molecule has 4 rings (SSSR count). The number of nitrogens with zero attached hydrogens (tertiary/aromatic N) is 1. The van der Waals surface area contributed by atoms with Crippen molar-refractivity contribution in [3.63, 3.8) is 0 Å². The molecule has 3 heteroatoms. The van der Waals surface area contributed by atoms with E-state index in [0.717, 1.165) is 37.1 Å². The first-order valence-corrected chi connectivity index (χ1v) is 8.31. The molecule has 2 nitrogen and oxygen atoms in total. The van der Waals surface area contributed by atoms with Gasteiger partial charge in [0.05, 0.1) is 0 Å². The molecular formula is C21H18FNO. The third-order valence-electron chi connectivity index (χ3n) is 4.70. The van der Waals surface area contributed by atoms with Gasteiger partial charge in [-0.15, -0.1) is 0 Å². The maximum atomic E-state index is 14.4. The molecule has 1 saturated heterocycles. The summed E-state index contributed by atoms with van der Waals surface area (Å²) in [7, 11) is 0. The minimum absolute atomic E-state index is 0.000816. The highest BCUT2D eigenvalue weighted by Gasteiger charge is 2.23. The Hall–Kier alpha value is -2.68. The number of carbonyl (C=O) groups excluding carboxylic acids is 1. The van der Waals surface area contributed by atoms with Gasteiger partial charge in [-0.3, -0.25) is 4.79 Å². The van der Waals surface area contributed by atoms with Crippen molar-refractivity contribution in [1.82, 2.24) is 4.90 Å². The fourth-order valence-corrected chi connectivity index (χ4v) is 3.50. The number of carbonyl (C=O) groups is 1. The van der Waals surface area contributed by atoms with Gasteiger partial charge < -0.3 is 4.90 Å². The summed E-state index contributed by atoms with van der Waals surface area (Å²) in [5.74, 6) is -0.290. The Morgan fingerprint density at radius 2 is 1.62 bits per heavy atom. The van der Waals surface area contributed by atoms with Gasteiger partial charge in [0.2, 0.25) is 0 Å². The Morgan fingerprint density at radius 1 is 0.875 bits per heavy atom. The first kappa shape index (κ1) is 14.9. The second-order valence-electron chi connectivity index (χ2n) is 6.19. The van der Waals surface area contributed by atoms with Crippen LogP contribution in [0.25, 0.3) is 21.9 Å². The summed E-state index contributed by atoms with van der Waals surface area (Å²) < 4.78 is 14.4. The van der Waals surface area contributed by atoms with Crippen molar-refractivity contribution in [2.45, 2.75) is 12.8 Å². The minimum atomic E-state index is -0.291. The van der Waals surface area contributed by atoms with Crippen molar-refractivity contribution in [2.75, 3.05) is 13.1 Å². The molecule has 0 bridgehead atoms. The summed E-state index contributed by atoms with van der Waals surface area (Å²) in [5, 5.41) is 1.21. The van der Waals surface area contributed by atoms with Crippen LogP contribution in [-0.4, -0.2) is 23.9 Å². The molecule has 0 saturated carbocycles. The molecule has 120 valence electrons. The van der Waals surface area contributed by atoms with Gasteiger partial charge in [0, 0.05) is 29.4 Å². The quantitative estimate of drug-likeness (QED) is 0.659. The average molecular weight is 319 g/mol. The summed E-state index contributed by atoms with van der Waals surface area (Å²) in [6.07, 6.45) is 2.08. The third kappa shape index (κ3) is 2.46. The molecule has 0 aliphatic carbocycles. The molecule has 24 heavy (non-hydrogen) atoms. The van der Waals surface area contributed by atoms with Crippen LogP contribution in [0.3, 0.4) is 0 Å². The first-order chi connectivity index (χ1) is 11.8.